The average Bonchev–Trinajstić information content (AvgIpc) is 3.20. The first-order chi connectivity index (χ1) is 11.1. The highest BCUT2D eigenvalue weighted by Gasteiger charge is 2.26. The summed E-state index contributed by atoms with van der Waals surface area (Å²) in [5.74, 6) is -0.913. The van der Waals surface area contributed by atoms with Crippen LogP contribution in [0.1, 0.15) is 31.3 Å². The fourth-order valence-corrected chi connectivity index (χ4v) is 3.86. The molecular weight excluding hydrogens is 312 g/mol. The van der Waals surface area contributed by atoms with Crippen molar-refractivity contribution >= 4 is 34.1 Å². The summed E-state index contributed by atoms with van der Waals surface area (Å²) in [5, 5.41) is 12.2. The first-order valence-electron chi connectivity index (χ1n) is 7.33. The lowest BCUT2D eigenvalue weighted by Gasteiger charge is -2.26. The minimum absolute atomic E-state index is 0.0303. The molecular formula is C17H14N2O3S. The maximum absolute atomic E-state index is 12.5. The van der Waals surface area contributed by atoms with Gasteiger partial charge in [0.15, 0.2) is 0 Å². The number of nitrogens with zero attached hydrogens (tertiary/aromatic N) is 1. The van der Waals surface area contributed by atoms with E-state index in [0.29, 0.717) is 18.6 Å². The molecule has 4 rings (SSSR count). The number of carbonyl (C=O) groups is 2. The van der Waals surface area contributed by atoms with Crippen LogP contribution in [0.5, 0.6) is 0 Å². The van der Waals surface area contributed by atoms with Crippen molar-refractivity contribution in [2.24, 2.45) is 0 Å². The van der Waals surface area contributed by atoms with Gasteiger partial charge in [0.2, 0.25) is 0 Å². The number of carbonyl (C=O) groups excluding carboxylic acids is 1. The Balaban J connectivity index is 1.73. The molecule has 0 fully saturated rings. The number of aromatic carboxylic acids is 1. The van der Waals surface area contributed by atoms with E-state index >= 15 is 0 Å². The first kappa shape index (κ1) is 14.0. The van der Waals surface area contributed by atoms with Crippen LogP contribution in [0.2, 0.25) is 0 Å². The third-order valence-corrected chi connectivity index (χ3v) is 5.12. The summed E-state index contributed by atoms with van der Waals surface area (Å²) in [6.45, 7) is 1.13. The number of benzene rings is 1. The van der Waals surface area contributed by atoms with E-state index in [-0.39, 0.29) is 11.5 Å². The van der Waals surface area contributed by atoms with Crippen LogP contribution >= 0.6 is 11.3 Å². The highest BCUT2D eigenvalue weighted by Crippen LogP contribution is 2.30. The summed E-state index contributed by atoms with van der Waals surface area (Å²) in [6, 6.07) is 9.00. The molecule has 1 aliphatic rings. The molecule has 2 aromatic heterocycles. The summed E-state index contributed by atoms with van der Waals surface area (Å²) in [4.78, 5) is 29.6. The molecule has 0 bridgehead atoms. The van der Waals surface area contributed by atoms with Crippen LogP contribution in [-0.2, 0) is 13.0 Å². The summed E-state index contributed by atoms with van der Waals surface area (Å²) < 4.78 is 0. The Hall–Kier alpha value is -2.60. The van der Waals surface area contributed by atoms with Crippen LogP contribution in [0, 0.1) is 0 Å². The van der Waals surface area contributed by atoms with Gasteiger partial charge in [-0.15, -0.1) is 11.3 Å². The number of H-pyrrole nitrogens is 1. The molecule has 3 heterocycles. The van der Waals surface area contributed by atoms with E-state index in [0.717, 1.165) is 27.9 Å². The molecule has 0 aliphatic carbocycles. The third kappa shape index (κ3) is 2.22. The SMILES string of the molecule is O=C(O)c1cccc2c3c([nH]c12)CN(C(=O)c1cccs1)CC3. The molecule has 3 aromatic rings. The van der Waals surface area contributed by atoms with Gasteiger partial charge in [-0.1, -0.05) is 18.2 Å². The minimum atomic E-state index is -0.944. The Labute approximate surface area is 136 Å². The number of carboxylic acids is 1. The summed E-state index contributed by atoms with van der Waals surface area (Å²) in [5.41, 5.74) is 2.98. The molecule has 0 spiro atoms. The maximum atomic E-state index is 12.5. The number of nitrogens with one attached hydrogen (secondary N) is 1. The van der Waals surface area contributed by atoms with Gasteiger partial charge in [0.05, 0.1) is 22.5 Å². The van der Waals surface area contributed by atoms with Crippen LogP contribution in [0.15, 0.2) is 35.7 Å². The number of rotatable bonds is 2. The zero-order chi connectivity index (χ0) is 16.0. The Morgan fingerprint density at radius 3 is 2.83 bits per heavy atom. The molecule has 23 heavy (non-hydrogen) atoms. The van der Waals surface area contributed by atoms with Gasteiger partial charge >= 0.3 is 5.97 Å². The van der Waals surface area contributed by atoms with Gasteiger partial charge in [-0.3, -0.25) is 4.79 Å². The monoisotopic (exact) mass is 326 g/mol. The van der Waals surface area contributed by atoms with Gasteiger partial charge in [-0.05, 0) is 29.5 Å². The van der Waals surface area contributed by atoms with Gasteiger partial charge in [0.25, 0.3) is 5.91 Å². The van der Waals surface area contributed by atoms with Crippen LogP contribution in [-0.4, -0.2) is 33.4 Å². The lowest BCUT2D eigenvalue weighted by Crippen LogP contribution is -2.35. The first-order valence-corrected chi connectivity index (χ1v) is 8.21. The van der Waals surface area contributed by atoms with Crippen molar-refractivity contribution in [3.8, 4) is 0 Å². The Kier molecular flexibility index (Phi) is 3.20. The fraction of sp³-hybridized carbons (Fsp3) is 0.176. The smallest absolute Gasteiger partial charge is 0.337 e. The molecule has 0 unspecified atom stereocenters. The Bertz CT molecular complexity index is 911. The van der Waals surface area contributed by atoms with E-state index in [1.165, 1.54) is 11.3 Å². The van der Waals surface area contributed by atoms with E-state index in [2.05, 4.69) is 4.98 Å². The predicted octanol–water partition coefficient (Wildman–Crippen LogP) is 3.13. The second kappa shape index (κ2) is 5.24. The lowest BCUT2D eigenvalue weighted by molar-refractivity contribution is 0.0696. The minimum Gasteiger partial charge on any atom is -0.478 e. The largest absolute Gasteiger partial charge is 0.478 e. The second-order valence-corrected chi connectivity index (χ2v) is 6.52. The zero-order valence-electron chi connectivity index (χ0n) is 12.2. The van der Waals surface area contributed by atoms with E-state index in [1.807, 2.05) is 28.5 Å². The topological polar surface area (TPSA) is 73.4 Å². The van der Waals surface area contributed by atoms with Crippen LogP contribution in [0.25, 0.3) is 10.9 Å². The van der Waals surface area contributed by atoms with E-state index < -0.39 is 5.97 Å². The van der Waals surface area contributed by atoms with Crippen molar-refractivity contribution in [3.05, 3.63) is 57.4 Å². The summed E-state index contributed by atoms with van der Waals surface area (Å²) in [7, 11) is 0. The number of amides is 1. The normalized spacial score (nSPS) is 14.0. The predicted molar refractivity (Wildman–Crippen MR) is 88.0 cm³/mol. The van der Waals surface area contributed by atoms with Gasteiger partial charge in [-0.25, -0.2) is 4.79 Å². The number of thiophene rings is 1. The molecule has 0 saturated carbocycles. The van der Waals surface area contributed by atoms with Crippen molar-refractivity contribution in [2.75, 3.05) is 6.54 Å². The Morgan fingerprint density at radius 2 is 2.09 bits per heavy atom. The van der Waals surface area contributed by atoms with Crippen molar-refractivity contribution in [2.45, 2.75) is 13.0 Å². The standard InChI is InChI=1S/C17H14N2O3S/c20-16(14-5-2-8-23-14)19-7-6-10-11-3-1-4-12(17(21)22)15(11)18-13(10)9-19/h1-5,8,18H,6-7,9H2,(H,21,22). The molecule has 0 atom stereocenters. The number of hydrogen-bond donors (Lipinski definition) is 2. The van der Waals surface area contributed by atoms with Crippen molar-refractivity contribution in [1.29, 1.82) is 0 Å². The van der Waals surface area contributed by atoms with Gasteiger partial charge in [0.1, 0.15) is 0 Å². The highest BCUT2D eigenvalue weighted by atomic mass is 32.1. The van der Waals surface area contributed by atoms with E-state index in [1.54, 1.807) is 12.1 Å². The van der Waals surface area contributed by atoms with E-state index in [9.17, 15) is 14.7 Å². The lowest BCUT2D eigenvalue weighted by atomic mass is 10.0. The van der Waals surface area contributed by atoms with Crippen molar-refractivity contribution in [1.82, 2.24) is 9.88 Å². The van der Waals surface area contributed by atoms with E-state index in [4.69, 9.17) is 0 Å². The third-order valence-electron chi connectivity index (χ3n) is 4.26. The number of aromatic amines is 1. The molecule has 1 aromatic carbocycles. The van der Waals surface area contributed by atoms with Gasteiger partial charge in [-0.2, -0.15) is 0 Å². The summed E-state index contributed by atoms with van der Waals surface area (Å²) in [6.07, 6.45) is 0.732. The van der Waals surface area contributed by atoms with Crippen LogP contribution in [0.3, 0.4) is 0 Å². The molecule has 1 aliphatic heterocycles. The van der Waals surface area contributed by atoms with Crippen LogP contribution in [0.4, 0.5) is 0 Å². The maximum Gasteiger partial charge on any atom is 0.337 e. The number of aromatic nitrogens is 1. The quantitative estimate of drug-likeness (QED) is 0.760. The highest BCUT2D eigenvalue weighted by molar-refractivity contribution is 7.12. The number of para-hydroxylation sites is 1. The number of fused-ring (bicyclic) bond motifs is 3. The van der Waals surface area contributed by atoms with Crippen molar-refractivity contribution in [3.63, 3.8) is 0 Å². The second-order valence-electron chi connectivity index (χ2n) is 5.57. The molecule has 116 valence electrons. The fourth-order valence-electron chi connectivity index (χ4n) is 3.17. The molecule has 2 N–H and O–H groups in total. The van der Waals surface area contributed by atoms with Gasteiger partial charge in [0, 0.05) is 17.6 Å². The number of hydrogen-bond acceptors (Lipinski definition) is 3. The molecule has 1 amide bonds. The average molecular weight is 326 g/mol. The summed E-state index contributed by atoms with van der Waals surface area (Å²) >= 11 is 1.44. The van der Waals surface area contributed by atoms with Crippen molar-refractivity contribution < 1.29 is 14.7 Å². The molecule has 0 radical (unpaired) electrons. The zero-order valence-corrected chi connectivity index (χ0v) is 13.0. The van der Waals surface area contributed by atoms with Crippen LogP contribution < -0.4 is 0 Å². The molecule has 5 nitrogen and oxygen atoms in total. The molecule has 0 saturated heterocycles. The Morgan fingerprint density at radius 1 is 1.22 bits per heavy atom. The molecule has 6 heteroatoms. The number of carboxylic acid groups (broad SMARTS) is 1. The van der Waals surface area contributed by atoms with Gasteiger partial charge < -0.3 is 15.0 Å².